The molecule has 0 aliphatic heterocycles. The molecule has 3 rings (SSSR count). The maximum atomic E-state index is 13.8. The second-order valence-corrected chi connectivity index (χ2v) is 6.16. The van der Waals surface area contributed by atoms with Crippen LogP contribution in [0.4, 0.5) is 8.78 Å². The summed E-state index contributed by atoms with van der Waals surface area (Å²) in [5.41, 5.74) is 1.32. The van der Waals surface area contributed by atoms with Crippen LogP contribution >= 0.6 is 0 Å². The smallest absolute Gasteiger partial charge is 0.253 e. The van der Waals surface area contributed by atoms with Gasteiger partial charge in [0.1, 0.15) is 0 Å². The fraction of sp³-hybridized carbons (Fsp3) is 0.316. The predicted molar refractivity (Wildman–Crippen MR) is 86.1 cm³/mol. The summed E-state index contributed by atoms with van der Waals surface area (Å²) in [4.78, 5) is 14.1. The van der Waals surface area contributed by atoms with E-state index in [0.29, 0.717) is 17.0 Å². The molecule has 0 heterocycles. The van der Waals surface area contributed by atoms with Gasteiger partial charge in [-0.15, -0.1) is 0 Å². The molecule has 0 aromatic heterocycles. The average molecular weight is 315 g/mol. The first-order valence-electron chi connectivity index (χ1n) is 7.86. The molecule has 0 radical (unpaired) electrons. The lowest BCUT2D eigenvalue weighted by atomic mass is 9.85. The maximum Gasteiger partial charge on any atom is 0.253 e. The molecule has 2 aromatic carbocycles. The Labute approximate surface area is 134 Å². The zero-order valence-electron chi connectivity index (χ0n) is 13.1. The van der Waals surface area contributed by atoms with Gasteiger partial charge in [-0.1, -0.05) is 30.7 Å². The summed E-state index contributed by atoms with van der Waals surface area (Å²) in [6.45, 7) is 0.777. The Morgan fingerprint density at radius 2 is 1.83 bits per heavy atom. The van der Waals surface area contributed by atoms with E-state index in [1.807, 2.05) is 0 Å². The Morgan fingerprint density at radius 3 is 2.43 bits per heavy atom. The van der Waals surface area contributed by atoms with E-state index in [1.54, 1.807) is 36.2 Å². The molecule has 4 heteroatoms. The molecule has 0 unspecified atom stereocenters. The molecular formula is C19H19F2NO. The van der Waals surface area contributed by atoms with Crippen molar-refractivity contribution >= 4 is 5.91 Å². The SMILES string of the molecule is CN(CC1CCC1)C(=O)c1ccc(-c2cccc(F)c2F)cc1. The van der Waals surface area contributed by atoms with Crippen LogP contribution in [0.25, 0.3) is 11.1 Å². The number of rotatable bonds is 4. The fourth-order valence-corrected chi connectivity index (χ4v) is 2.89. The van der Waals surface area contributed by atoms with Crippen molar-refractivity contribution in [2.45, 2.75) is 19.3 Å². The van der Waals surface area contributed by atoms with Crippen molar-refractivity contribution in [3.8, 4) is 11.1 Å². The number of benzene rings is 2. The number of amides is 1. The van der Waals surface area contributed by atoms with Crippen molar-refractivity contribution in [3.05, 3.63) is 59.7 Å². The monoisotopic (exact) mass is 315 g/mol. The van der Waals surface area contributed by atoms with E-state index in [0.717, 1.165) is 12.6 Å². The Balaban J connectivity index is 1.76. The highest BCUT2D eigenvalue weighted by Crippen LogP contribution is 2.28. The standard InChI is InChI=1S/C19H19F2NO/c1-22(12-13-4-2-5-13)19(23)15-10-8-14(9-11-15)16-6-3-7-17(20)18(16)21/h3,6-11,13H,2,4-5,12H2,1H3. The van der Waals surface area contributed by atoms with Gasteiger partial charge in [0.05, 0.1) is 0 Å². The highest BCUT2D eigenvalue weighted by atomic mass is 19.2. The molecule has 23 heavy (non-hydrogen) atoms. The molecule has 2 aromatic rings. The van der Waals surface area contributed by atoms with Gasteiger partial charge in [-0.2, -0.15) is 0 Å². The molecule has 0 spiro atoms. The number of hydrogen-bond donors (Lipinski definition) is 0. The van der Waals surface area contributed by atoms with Crippen LogP contribution in [0.15, 0.2) is 42.5 Å². The van der Waals surface area contributed by atoms with Gasteiger partial charge in [0.25, 0.3) is 5.91 Å². The molecule has 120 valence electrons. The van der Waals surface area contributed by atoms with Gasteiger partial charge >= 0.3 is 0 Å². The van der Waals surface area contributed by atoms with Crippen LogP contribution in [0, 0.1) is 17.6 Å². The average Bonchev–Trinajstić information content (AvgIpc) is 2.53. The fourth-order valence-electron chi connectivity index (χ4n) is 2.89. The third kappa shape index (κ3) is 3.26. The van der Waals surface area contributed by atoms with E-state index < -0.39 is 11.6 Å². The molecule has 0 atom stereocenters. The third-order valence-corrected chi connectivity index (χ3v) is 4.50. The van der Waals surface area contributed by atoms with Crippen LogP contribution in [-0.4, -0.2) is 24.4 Å². The van der Waals surface area contributed by atoms with Gasteiger partial charge in [-0.25, -0.2) is 8.78 Å². The van der Waals surface area contributed by atoms with Crippen LogP contribution in [0.3, 0.4) is 0 Å². The highest BCUT2D eigenvalue weighted by molar-refractivity contribution is 5.94. The van der Waals surface area contributed by atoms with Crippen LogP contribution in [-0.2, 0) is 0 Å². The van der Waals surface area contributed by atoms with Gasteiger partial charge in [-0.05, 0) is 42.5 Å². The molecule has 0 bridgehead atoms. The molecule has 1 aliphatic rings. The van der Waals surface area contributed by atoms with Crippen molar-refractivity contribution in [1.29, 1.82) is 0 Å². The van der Waals surface area contributed by atoms with E-state index >= 15 is 0 Å². The largest absolute Gasteiger partial charge is 0.341 e. The van der Waals surface area contributed by atoms with Crippen molar-refractivity contribution < 1.29 is 13.6 Å². The summed E-state index contributed by atoms with van der Waals surface area (Å²) in [5.74, 6) is -1.16. The van der Waals surface area contributed by atoms with Crippen LogP contribution in [0.2, 0.25) is 0 Å². The van der Waals surface area contributed by atoms with Crippen molar-refractivity contribution in [3.63, 3.8) is 0 Å². The summed E-state index contributed by atoms with van der Waals surface area (Å²) >= 11 is 0. The minimum absolute atomic E-state index is 0.0387. The first-order valence-corrected chi connectivity index (χ1v) is 7.86. The molecule has 0 N–H and O–H groups in total. The normalized spacial score (nSPS) is 14.4. The van der Waals surface area contributed by atoms with Gasteiger partial charge in [0.15, 0.2) is 11.6 Å². The van der Waals surface area contributed by atoms with E-state index in [-0.39, 0.29) is 11.5 Å². The minimum Gasteiger partial charge on any atom is -0.341 e. The lowest BCUT2D eigenvalue weighted by Gasteiger charge is -2.30. The lowest BCUT2D eigenvalue weighted by Crippen LogP contribution is -2.34. The third-order valence-electron chi connectivity index (χ3n) is 4.50. The predicted octanol–water partition coefficient (Wildman–Crippen LogP) is 4.50. The van der Waals surface area contributed by atoms with Crippen molar-refractivity contribution in [2.75, 3.05) is 13.6 Å². The summed E-state index contributed by atoms with van der Waals surface area (Å²) in [6, 6.07) is 10.7. The number of carbonyl (C=O) groups is 1. The van der Waals surface area contributed by atoms with E-state index in [2.05, 4.69) is 0 Å². The number of carbonyl (C=O) groups excluding carboxylic acids is 1. The molecule has 1 fully saturated rings. The number of hydrogen-bond acceptors (Lipinski definition) is 1. The van der Waals surface area contributed by atoms with Crippen LogP contribution < -0.4 is 0 Å². The first kappa shape index (κ1) is 15.7. The summed E-state index contributed by atoms with van der Waals surface area (Å²) < 4.78 is 27.1. The molecular weight excluding hydrogens is 296 g/mol. The quantitative estimate of drug-likeness (QED) is 0.813. The Kier molecular flexibility index (Phi) is 4.42. The summed E-state index contributed by atoms with van der Waals surface area (Å²) in [7, 11) is 1.81. The zero-order chi connectivity index (χ0) is 16.4. The Morgan fingerprint density at radius 1 is 1.13 bits per heavy atom. The van der Waals surface area contributed by atoms with Gasteiger partial charge < -0.3 is 4.90 Å². The van der Waals surface area contributed by atoms with Gasteiger partial charge in [-0.3, -0.25) is 4.79 Å². The topological polar surface area (TPSA) is 20.3 Å². The molecule has 1 saturated carbocycles. The Hall–Kier alpha value is -2.23. The van der Waals surface area contributed by atoms with E-state index in [9.17, 15) is 13.6 Å². The second kappa shape index (κ2) is 6.49. The first-order chi connectivity index (χ1) is 11.1. The molecule has 1 amide bonds. The van der Waals surface area contributed by atoms with E-state index in [4.69, 9.17) is 0 Å². The van der Waals surface area contributed by atoms with Crippen molar-refractivity contribution in [2.24, 2.45) is 5.92 Å². The summed E-state index contributed by atoms with van der Waals surface area (Å²) in [6.07, 6.45) is 3.63. The lowest BCUT2D eigenvalue weighted by molar-refractivity contribution is 0.0745. The van der Waals surface area contributed by atoms with Gasteiger partial charge in [0, 0.05) is 24.7 Å². The second-order valence-electron chi connectivity index (χ2n) is 6.16. The van der Waals surface area contributed by atoms with Gasteiger partial charge in [0.2, 0.25) is 0 Å². The Bertz CT molecular complexity index is 708. The van der Waals surface area contributed by atoms with Crippen LogP contribution in [0.1, 0.15) is 29.6 Å². The molecule has 1 aliphatic carbocycles. The number of halogens is 2. The zero-order valence-corrected chi connectivity index (χ0v) is 13.1. The molecule has 2 nitrogen and oxygen atoms in total. The maximum absolute atomic E-state index is 13.8. The van der Waals surface area contributed by atoms with Crippen molar-refractivity contribution in [1.82, 2.24) is 4.90 Å². The molecule has 0 saturated heterocycles. The minimum atomic E-state index is -0.872. The van der Waals surface area contributed by atoms with Crippen LogP contribution in [0.5, 0.6) is 0 Å². The summed E-state index contributed by atoms with van der Waals surface area (Å²) in [5, 5.41) is 0. The van der Waals surface area contributed by atoms with E-state index in [1.165, 1.54) is 31.4 Å². The number of nitrogens with zero attached hydrogens (tertiary/aromatic N) is 1. The highest BCUT2D eigenvalue weighted by Gasteiger charge is 2.22.